The highest BCUT2D eigenvalue weighted by atomic mass is 16.2. The fraction of sp³-hybridized carbons (Fsp3) is 0. The number of anilines is 1. The summed E-state index contributed by atoms with van der Waals surface area (Å²) in [6.07, 6.45) is 0. The average Bonchev–Trinajstić information content (AvgIpc) is 3.72. The molecule has 9 rings (SSSR count). The van der Waals surface area contributed by atoms with Crippen LogP contribution in [-0.2, 0) is 0 Å². The summed E-state index contributed by atoms with van der Waals surface area (Å²) in [7, 11) is 0. The first-order valence-corrected chi connectivity index (χ1v) is 17.5. The highest BCUT2D eigenvalue weighted by Crippen LogP contribution is 2.41. The first-order chi connectivity index (χ1) is 27.4. The van der Waals surface area contributed by atoms with Gasteiger partial charge in [-0.1, -0.05) is 91.0 Å². The molecule has 2 heterocycles. The molecule has 0 unspecified atom stereocenters. The number of amides is 2. The van der Waals surface area contributed by atoms with Crippen molar-refractivity contribution in [2.75, 3.05) is 4.90 Å². The molecule has 1 aliphatic rings. The molecule has 7 aromatic carbocycles. The molecule has 8 nitrogen and oxygen atoms in total. The number of nitrogens with zero attached hydrogens (tertiary/aromatic N) is 6. The van der Waals surface area contributed by atoms with Gasteiger partial charge in [-0.2, -0.15) is 10.5 Å². The zero-order valence-electron chi connectivity index (χ0n) is 29.4. The van der Waals surface area contributed by atoms with Gasteiger partial charge in [0, 0.05) is 10.8 Å². The molecule has 1 aliphatic heterocycles. The van der Waals surface area contributed by atoms with Gasteiger partial charge in [0.05, 0.1) is 69.9 Å². The summed E-state index contributed by atoms with van der Waals surface area (Å²) in [4.78, 5) is 37.3. The second-order valence-corrected chi connectivity index (χ2v) is 13.3. The number of aromatic nitrogens is 1. The number of carbonyl (C=O) groups is 2. The van der Waals surface area contributed by atoms with Crippen LogP contribution in [0.3, 0.4) is 0 Å². The molecule has 8 heteroatoms. The van der Waals surface area contributed by atoms with Gasteiger partial charge in [-0.3, -0.25) is 9.59 Å². The van der Waals surface area contributed by atoms with Crippen molar-refractivity contribution in [2.45, 2.75) is 0 Å². The third kappa shape index (κ3) is 5.36. The quantitative estimate of drug-likeness (QED) is 0.131. The Morgan fingerprint density at radius 1 is 0.500 bits per heavy atom. The van der Waals surface area contributed by atoms with E-state index in [4.69, 9.17) is 13.1 Å². The SMILES string of the molecule is [C-]#[N+]c1cc([N+]#[C-])cc(-c2ccc3c4ccc(-c5cc(C#N)cc(C#N)c5)cc4n(-c4cccc5c4C(=O)N(c4cccc(-c6ccccc6)c4)C5=O)c3c2)c1. The second-order valence-electron chi connectivity index (χ2n) is 13.3. The molecule has 0 spiro atoms. The highest BCUT2D eigenvalue weighted by Gasteiger charge is 2.39. The smallest absolute Gasteiger partial charge is 0.268 e. The van der Waals surface area contributed by atoms with E-state index in [9.17, 15) is 20.1 Å². The minimum absolute atomic E-state index is 0.251. The van der Waals surface area contributed by atoms with E-state index in [-0.39, 0.29) is 11.1 Å². The molecular formula is C48H24N6O2. The van der Waals surface area contributed by atoms with Crippen molar-refractivity contribution in [3.63, 3.8) is 0 Å². The lowest BCUT2D eigenvalue weighted by Crippen LogP contribution is -2.29. The van der Waals surface area contributed by atoms with Crippen molar-refractivity contribution in [1.29, 1.82) is 10.5 Å². The minimum Gasteiger partial charge on any atom is -0.308 e. The van der Waals surface area contributed by atoms with Crippen molar-refractivity contribution < 1.29 is 9.59 Å². The van der Waals surface area contributed by atoms with Crippen LogP contribution in [0.25, 0.3) is 70.6 Å². The Hall–Kier alpha value is -8.56. The molecule has 0 aliphatic carbocycles. The van der Waals surface area contributed by atoms with Gasteiger partial charge in [-0.15, -0.1) is 0 Å². The van der Waals surface area contributed by atoms with Gasteiger partial charge in [-0.05, 0) is 88.0 Å². The van der Waals surface area contributed by atoms with Crippen LogP contribution in [0.15, 0.2) is 146 Å². The minimum atomic E-state index is -0.458. The number of fused-ring (bicyclic) bond motifs is 4. The van der Waals surface area contributed by atoms with Crippen LogP contribution in [0.2, 0.25) is 0 Å². The number of carbonyl (C=O) groups excluding carboxylic acids is 2. The van der Waals surface area contributed by atoms with Crippen molar-refractivity contribution in [1.82, 2.24) is 4.57 Å². The predicted molar refractivity (Wildman–Crippen MR) is 217 cm³/mol. The molecule has 8 aromatic rings. The van der Waals surface area contributed by atoms with Crippen molar-refractivity contribution in [2.24, 2.45) is 0 Å². The summed E-state index contributed by atoms with van der Waals surface area (Å²) >= 11 is 0. The van der Waals surface area contributed by atoms with Crippen LogP contribution >= 0.6 is 0 Å². The van der Waals surface area contributed by atoms with E-state index in [2.05, 4.69) is 21.8 Å². The van der Waals surface area contributed by atoms with E-state index in [1.807, 2.05) is 95.6 Å². The highest BCUT2D eigenvalue weighted by molar-refractivity contribution is 6.36. The molecule has 0 saturated heterocycles. The van der Waals surface area contributed by atoms with Crippen LogP contribution in [0.5, 0.6) is 0 Å². The van der Waals surface area contributed by atoms with Crippen molar-refractivity contribution in [3.8, 4) is 51.2 Å². The molecule has 1 aromatic heterocycles. The Labute approximate surface area is 321 Å². The fourth-order valence-corrected chi connectivity index (χ4v) is 7.60. The summed E-state index contributed by atoms with van der Waals surface area (Å²) < 4.78 is 1.97. The Morgan fingerprint density at radius 2 is 1.07 bits per heavy atom. The summed E-state index contributed by atoms with van der Waals surface area (Å²) in [5.41, 5.74) is 9.02. The Kier molecular flexibility index (Phi) is 7.81. The first-order valence-electron chi connectivity index (χ1n) is 17.5. The standard InChI is InChI=1S/C48H24N6O2/c1-51-37-21-36(22-38(26-37)52-2)34-15-17-41-40-16-14-33(35-19-29(27-49)18-30(20-35)28-50)24-44(40)54(45(41)25-34)43-13-7-12-42-46(43)48(56)53(47(42)55)39-11-6-10-32(23-39)31-8-4-3-5-9-31/h3-26H. The maximum atomic E-state index is 14.7. The summed E-state index contributed by atoms with van der Waals surface area (Å²) in [6, 6.07) is 48.5. The molecule has 0 atom stereocenters. The molecule has 0 bridgehead atoms. The maximum Gasteiger partial charge on any atom is 0.268 e. The van der Waals surface area contributed by atoms with Crippen LogP contribution in [-0.4, -0.2) is 16.4 Å². The second kappa shape index (κ2) is 13.1. The fourth-order valence-electron chi connectivity index (χ4n) is 7.60. The Morgan fingerprint density at radius 3 is 1.68 bits per heavy atom. The Balaban J connectivity index is 1.29. The van der Waals surface area contributed by atoms with Crippen molar-refractivity contribution in [3.05, 3.63) is 191 Å². The van der Waals surface area contributed by atoms with Gasteiger partial charge in [0.1, 0.15) is 0 Å². The van der Waals surface area contributed by atoms with Crippen molar-refractivity contribution >= 4 is 50.7 Å². The van der Waals surface area contributed by atoms with Gasteiger partial charge >= 0.3 is 0 Å². The topological polar surface area (TPSA) is 98.6 Å². The molecule has 2 amide bonds. The monoisotopic (exact) mass is 716 g/mol. The van der Waals surface area contributed by atoms with Gasteiger partial charge in [-0.25, -0.2) is 14.6 Å². The van der Waals surface area contributed by atoms with E-state index >= 15 is 0 Å². The molecule has 0 radical (unpaired) electrons. The van der Waals surface area contributed by atoms with E-state index in [0.717, 1.165) is 44.1 Å². The van der Waals surface area contributed by atoms with E-state index in [1.165, 1.54) is 4.90 Å². The summed E-state index contributed by atoms with van der Waals surface area (Å²) in [5.74, 6) is -0.890. The molecule has 56 heavy (non-hydrogen) atoms. The lowest BCUT2D eigenvalue weighted by atomic mass is 9.99. The lowest BCUT2D eigenvalue weighted by Gasteiger charge is -2.16. The van der Waals surface area contributed by atoms with E-state index < -0.39 is 11.8 Å². The van der Waals surface area contributed by atoms with Crippen LogP contribution in [0.4, 0.5) is 17.1 Å². The molecule has 258 valence electrons. The van der Waals surface area contributed by atoms with Gasteiger partial charge in [0.25, 0.3) is 11.8 Å². The van der Waals surface area contributed by atoms with E-state index in [1.54, 1.807) is 54.6 Å². The Bertz CT molecular complexity index is 2990. The zero-order valence-corrected chi connectivity index (χ0v) is 29.4. The van der Waals surface area contributed by atoms with Crippen LogP contribution < -0.4 is 4.90 Å². The van der Waals surface area contributed by atoms with Gasteiger partial charge in [0.2, 0.25) is 0 Å². The normalized spacial score (nSPS) is 11.9. The summed E-state index contributed by atoms with van der Waals surface area (Å²) in [5, 5.41) is 21.2. The van der Waals surface area contributed by atoms with Crippen LogP contribution in [0.1, 0.15) is 31.8 Å². The third-order valence-corrected chi connectivity index (χ3v) is 10.1. The summed E-state index contributed by atoms with van der Waals surface area (Å²) in [6.45, 7) is 15.3. The third-order valence-electron chi connectivity index (χ3n) is 10.1. The van der Waals surface area contributed by atoms with E-state index in [0.29, 0.717) is 45.0 Å². The number of imide groups is 1. The first kappa shape index (κ1) is 33.3. The van der Waals surface area contributed by atoms with Gasteiger partial charge in [0.15, 0.2) is 11.4 Å². The number of hydrogen-bond acceptors (Lipinski definition) is 4. The molecule has 0 saturated carbocycles. The maximum absolute atomic E-state index is 14.7. The molecule has 0 fully saturated rings. The largest absolute Gasteiger partial charge is 0.308 e. The average molecular weight is 717 g/mol. The number of benzene rings is 7. The molecule has 0 N–H and O–H groups in total. The number of nitriles is 2. The van der Waals surface area contributed by atoms with Crippen LogP contribution in [0, 0.1) is 35.8 Å². The number of rotatable bonds is 5. The predicted octanol–water partition coefficient (Wildman–Crippen LogP) is 11.4. The lowest BCUT2D eigenvalue weighted by molar-refractivity contribution is 0.0926. The molecular weight excluding hydrogens is 693 g/mol. The number of hydrogen-bond donors (Lipinski definition) is 0. The van der Waals surface area contributed by atoms with Gasteiger partial charge < -0.3 is 4.57 Å². The zero-order chi connectivity index (χ0) is 38.5.